The second kappa shape index (κ2) is 14.5. The summed E-state index contributed by atoms with van der Waals surface area (Å²) in [6.07, 6.45) is 3.52. The number of nitrogens with zero attached hydrogens (tertiary/aromatic N) is 1. The van der Waals surface area contributed by atoms with Crippen LogP contribution in [0.5, 0.6) is 5.75 Å². The summed E-state index contributed by atoms with van der Waals surface area (Å²) in [6.45, 7) is 0.770. The maximum absolute atomic E-state index is 13.9. The molecule has 1 atom stereocenters. The molecule has 7 nitrogen and oxygen atoms in total. The molecule has 2 N–H and O–H groups in total. The van der Waals surface area contributed by atoms with Crippen LogP contribution in [0, 0.1) is 11.7 Å². The average Bonchev–Trinajstić information content (AvgIpc) is 3.01. The molecule has 0 aromatic heterocycles. The lowest BCUT2D eigenvalue weighted by Crippen LogP contribution is -2.40. The van der Waals surface area contributed by atoms with E-state index in [0.29, 0.717) is 47.8 Å². The van der Waals surface area contributed by atoms with Crippen LogP contribution in [-0.4, -0.2) is 42.0 Å². The van der Waals surface area contributed by atoms with Crippen LogP contribution in [0.2, 0.25) is 0 Å². The number of halogens is 1. The van der Waals surface area contributed by atoms with Crippen molar-refractivity contribution < 1.29 is 28.6 Å². The average molecular weight is 595 g/mol. The van der Waals surface area contributed by atoms with Crippen molar-refractivity contribution in [2.75, 3.05) is 23.4 Å². The minimum absolute atomic E-state index is 0.00585. The number of carboxylic acid groups (broad SMARTS) is 1. The normalized spacial score (nSPS) is 13.4. The summed E-state index contributed by atoms with van der Waals surface area (Å²) in [6, 6.07) is 28.1. The summed E-state index contributed by atoms with van der Waals surface area (Å²) in [5.41, 5.74) is 2.72. The Morgan fingerprint density at radius 2 is 1.64 bits per heavy atom. The Balaban J connectivity index is 1.17. The molecule has 5 rings (SSSR count). The predicted octanol–water partition coefficient (Wildman–Crippen LogP) is 6.77. The topological polar surface area (TPSA) is 95.9 Å². The molecular formula is C36H35FN2O5. The number of carboxylic acids is 1. The number of para-hydroxylation sites is 1. The van der Waals surface area contributed by atoms with E-state index in [1.54, 1.807) is 77.7 Å². The molecule has 44 heavy (non-hydrogen) atoms. The Labute approximate surface area is 256 Å². The number of hydrogen-bond donors (Lipinski definition) is 2. The van der Waals surface area contributed by atoms with Crippen molar-refractivity contribution in [3.05, 3.63) is 126 Å². The highest BCUT2D eigenvalue weighted by molar-refractivity contribution is 6.12. The van der Waals surface area contributed by atoms with Gasteiger partial charge in [-0.2, -0.15) is 0 Å². The molecule has 0 spiro atoms. The first kappa shape index (κ1) is 30.5. The summed E-state index contributed by atoms with van der Waals surface area (Å²) in [5, 5.41) is 13.0. The monoisotopic (exact) mass is 594 g/mol. The summed E-state index contributed by atoms with van der Waals surface area (Å²) in [4.78, 5) is 39.9. The number of benzene rings is 4. The van der Waals surface area contributed by atoms with Crippen LogP contribution in [0.1, 0.15) is 47.2 Å². The SMILES string of the molecule is O=C(c1ccccc1)c1ccccc1N[C@@H](Cc1ccc(OCCCN(C(=O)C2CCC2)c2cccc(F)c2)cc1)C(=O)O. The third-order valence-corrected chi connectivity index (χ3v) is 7.83. The molecule has 4 aromatic rings. The number of hydrogen-bond acceptors (Lipinski definition) is 5. The highest BCUT2D eigenvalue weighted by Gasteiger charge is 2.30. The van der Waals surface area contributed by atoms with Gasteiger partial charge in [-0.25, -0.2) is 9.18 Å². The zero-order chi connectivity index (χ0) is 30.9. The van der Waals surface area contributed by atoms with Crippen LogP contribution in [0.15, 0.2) is 103 Å². The van der Waals surface area contributed by atoms with Crippen molar-refractivity contribution in [1.29, 1.82) is 0 Å². The van der Waals surface area contributed by atoms with Crippen LogP contribution < -0.4 is 15.0 Å². The highest BCUT2D eigenvalue weighted by Crippen LogP contribution is 2.30. The first-order chi connectivity index (χ1) is 21.4. The number of nitrogens with one attached hydrogen (secondary N) is 1. The Kier molecular flexibility index (Phi) is 10.0. The second-order valence-electron chi connectivity index (χ2n) is 10.9. The van der Waals surface area contributed by atoms with E-state index >= 15 is 0 Å². The number of anilines is 2. The van der Waals surface area contributed by atoms with E-state index < -0.39 is 12.0 Å². The number of amides is 1. The highest BCUT2D eigenvalue weighted by atomic mass is 19.1. The summed E-state index contributed by atoms with van der Waals surface area (Å²) >= 11 is 0. The number of carbonyl (C=O) groups is 3. The lowest BCUT2D eigenvalue weighted by atomic mass is 9.84. The molecular weight excluding hydrogens is 559 g/mol. The smallest absolute Gasteiger partial charge is 0.326 e. The van der Waals surface area contributed by atoms with Gasteiger partial charge in [0.15, 0.2) is 5.78 Å². The van der Waals surface area contributed by atoms with Gasteiger partial charge in [-0.05, 0) is 67.3 Å². The third-order valence-electron chi connectivity index (χ3n) is 7.83. The number of rotatable bonds is 14. The number of carbonyl (C=O) groups excluding carboxylic acids is 2. The fourth-order valence-electron chi connectivity index (χ4n) is 5.20. The Morgan fingerprint density at radius 3 is 2.32 bits per heavy atom. The summed E-state index contributed by atoms with van der Waals surface area (Å²) in [5.74, 6) is -0.962. The molecule has 1 aliphatic rings. The minimum Gasteiger partial charge on any atom is -0.494 e. The molecule has 1 fully saturated rings. The van der Waals surface area contributed by atoms with E-state index in [0.717, 1.165) is 24.8 Å². The van der Waals surface area contributed by atoms with Crippen molar-refractivity contribution in [3.63, 3.8) is 0 Å². The molecule has 0 radical (unpaired) electrons. The zero-order valence-corrected chi connectivity index (χ0v) is 24.3. The molecule has 0 saturated heterocycles. The van der Waals surface area contributed by atoms with Gasteiger partial charge in [-0.1, -0.05) is 67.1 Å². The molecule has 0 bridgehead atoms. The van der Waals surface area contributed by atoms with Crippen LogP contribution in [0.4, 0.5) is 15.8 Å². The van der Waals surface area contributed by atoms with Gasteiger partial charge in [-0.3, -0.25) is 9.59 Å². The van der Waals surface area contributed by atoms with Gasteiger partial charge < -0.3 is 20.1 Å². The van der Waals surface area contributed by atoms with Gasteiger partial charge in [0.1, 0.15) is 17.6 Å². The molecule has 1 aliphatic carbocycles. The van der Waals surface area contributed by atoms with Crippen molar-refractivity contribution in [3.8, 4) is 5.75 Å². The second-order valence-corrected chi connectivity index (χ2v) is 10.9. The maximum atomic E-state index is 13.9. The van der Waals surface area contributed by atoms with Crippen molar-refractivity contribution in [1.82, 2.24) is 0 Å². The predicted molar refractivity (Wildman–Crippen MR) is 168 cm³/mol. The van der Waals surface area contributed by atoms with Crippen molar-refractivity contribution in [2.45, 2.75) is 38.1 Å². The van der Waals surface area contributed by atoms with E-state index in [1.165, 1.54) is 12.1 Å². The molecule has 226 valence electrons. The molecule has 8 heteroatoms. The Morgan fingerprint density at radius 1 is 0.909 bits per heavy atom. The van der Waals surface area contributed by atoms with Crippen molar-refractivity contribution in [2.24, 2.45) is 5.92 Å². The fourth-order valence-corrected chi connectivity index (χ4v) is 5.20. The molecule has 1 saturated carbocycles. The van der Waals surface area contributed by atoms with E-state index in [1.807, 2.05) is 18.2 Å². The van der Waals surface area contributed by atoms with E-state index in [9.17, 15) is 23.9 Å². The number of aliphatic carboxylic acids is 1. The molecule has 0 unspecified atom stereocenters. The number of ketones is 1. The van der Waals surface area contributed by atoms with Crippen LogP contribution in [0.25, 0.3) is 0 Å². The minimum atomic E-state index is -1.04. The molecule has 0 heterocycles. The largest absolute Gasteiger partial charge is 0.494 e. The summed E-state index contributed by atoms with van der Waals surface area (Å²) < 4.78 is 19.8. The van der Waals surface area contributed by atoms with Crippen LogP contribution in [-0.2, 0) is 16.0 Å². The van der Waals surface area contributed by atoms with Crippen LogP contribution >= 0.6 is 0 Å². The van der Waals surface area contributed by atoms with Crippen LogP contribution in [0.3, 0.4) is 0 Å². The van der Waals surface area contributed by atoms with E-state index in [4.69, 9.17) is 4.74 Å². The van der Waals surface area contributed by atoms with Gasteiger partial charge in [0.25, 0.3) is 0 Å². The van der Waals surface area contributed by atoms with Gasteiger partial charge in [0.2, 0.25) is 5.91 Å². The van der Waals surface area contributed by atoms with Gasteiger partial charge in [-0.15, -0.1) is 0 Å². The first-order valence-corrected chi connectivity index (χ1v) is 14.9. The van der Waals surface area contributed by atoms with Gasteiger partial charge in [0.05, 0.1) is 6.61 Å². The lowest BCUT2D eigenvalue weighted by Gasteiger charge is -2.31. The Bertz CT molecular complexity index is 1590. The van der Waals surface area contributed by atoms with E-state index in [-0.39, 0.29) is 29.8 Å². The standard InChI is InChI=1S/C36H35FN2O5/c37-28-13-7-14-29(24-28)39(35(41)27-11-6-12-27)21-8-22-44-30-19-17-25(18-20-30)23-33(36(42)43)38-32-16-5-4-15-31(32)34(40)26-9-2-1-3-10-26/h1-5,7,9-10,13-20,24,27,33,38H,6,8,11-12,21-23H2,(H,42,43)/t33-/m0/s1. The molecule has 4 aromatic carbocycles. The lowest BCUT2D eigenvalue weighted by molar-refractivity contribution is -0.137. The molecule has 1 amide bonds. The quantitative estimate of drug-likeness (QED) is 0.124. The van der Waals surface area contributed by atoms with Crippen molar-refractivity contribution >= 4 is 29.0 Å². The first-order valence-electron chi connectivity index (χ1n) is 14.9. The number of ether oxygens (including phenoxy) is 1. The maximum Gasteiger partial charge on any atom is 0.326 e. The van der Waals surface area contributed by atoms with E-state index in [2.05, 4.69) is 5.32 Å². The van der Waals surface area contributed by atoms with Gasteiger partial charge >= 0.3 is 5.97 Å². The third kappa shape index (κ3) is 7.69. The molecule has 0 aliphatic heterocycles. The fraction of sp³-hybridized carbons (Fsp3) is 0.250. The Hall–Kier alpha value is -4.98. The zero-order valence-electron chi connectivity index (χ0n) is 24.3. The summed E-state index contributed by atoms with van der Waals surface area (Å²) in [7, 11) is 0. The van der Waals surface area contributed by atoms with Gasteiger partial charge in [0, 0.05) is 41.4 Å².